The summed E-state index contributed by atoms with van der Waals surface area (Å²) in [5, 5.41) is 0. The average molecular weight is 267 g/mol. The van der Waals surface area contributed by atoms with Gasteiger partial charge in [-0.3, -0.25) is 0 Å². The molecule has 1 aliphatic rings. The van der Waals surface area contributed by atoms with Crippen molar-refractivity contribution in [2.24, 2.45) is 5.73 Å². The Morgan fingerprint density at radius 2 is 2.05 bits per heavy atom. The van der Waals surface area contributed by atoms with Gasteiger partial charge in [-0.15, -0.1) is 0 Å². The predicted molar refractivity (Wildman–Crippen MR) is 72.6 cm³/mol. The van der Waals surface area contributed by atoms with Crippen LogP contribution in [-0.4, -0.2) is 17.3 Å². The summed E-state index contributed by atoms with van der Waals surface area (Å²) in [4.78, 5) is 0. The van der Waals surface area contributed by atoms with Crippen LogP contribution < -0.4 is 10.5 Å². The Balaban J connectivity index is 2.25. The molecule has 2 N–H and O–H groups in total. The van der Waals surface area contributed by atoms with Crippen LogP contribution in [0.5, 0.6) is 5.75 Å². The molecule has 1 aromatic carbocycles. The van der Waals surface area contributed by atoms with Crippen molar-refractivity contribution in [1.82, 2.24) is 0 Å². The normalized spacial score (nSPS) is 24.4. The predicted octanol–water partition coefficient (Wildman–Crippen LogP) is 3.01. The van der Waals surface area contributed by atoms with Gasteiger partial charge in [0.1, 0.15) is 23.3 Å². The summed E-state index contributed by atoms with van der Waals surface area (Å²) in [6.07, 6.45) is 0.648. The van der Waals surface area contributed by atoms with Crippen LogP contribution in [0.25, 0.3) is 0 Å². The minimum Gasteiger partial charge on any atom is -0.487 e. The second kappa shape index (κ2) is 4.76. The summed E-state index contributed by atoms with van der Waals surface area (Å²) in [6, 6.07) is 4.79. The molecule has 1 aliphatic heterocycles. The molecule has 1 heterocycles. The van der Waals surface area contributed by atoms with Gasteiger partial charge >= 0.3 is 0 Å². The first-order chi connectivity index (χ1) is 8.75. The minimum atomic E-state index is -0.401. The fraction of sp³-hybridized carbons (Fsp3) is 0.600. The molecule has 0 aliphatic carbocycles. The Hall–Kier alpha value is -1.13. The molecule has 4 heteroatoms. The van der Waals surface area contributed by atoms with E-state index in [4.69, 9.17) is 15.2 Å². The first-order valence-electron chi connectivity index (χ1n) is 6.59. The van der Waals surface area contributed by atoms with Crippen LogP contribution in [-0.2, 0) is 11.3 Å². The van der Waals surface area contributed by atoms with Gasteiger partial charge in [0.25, 0.3) is 0 Å². The molecular weight excluding hydrogens is 245 g/mol. The van der Waals surface area contributed by atoms with Crippen LogP contribution in [0.4, 0.5) is 4.39 Å². The summed E-state index contributed by atoms with van der Waals surface area (Å²) in [5.74, 6) is 0.192. The maximum atomic E-state index is 13.7. The molecule has 0 amide bonds. The van der Waals surface area contributed by atoms with E-state index in [0.29, 0.717) is 11.3 Å². The average Bonchev–Trinajstić information content (AvgIpc) is 2.47. The van der Waals surface area contributed by atoms with Crippen molar-refractivity contribution in [3.8, 4) is 5.75 Å². The second-order valence-electron chi connectivity index (χ2n) is 6.20. The summed E-state index contributed by atoms with van der Waals surface area (Å²) in [6.45, 7) is 8.18. The third-order valence-electron chi connectivity index (χ3n) is 3.54. The highest BCUT2D eigenvalue weighted by atomic mass is 19.1. The molecule has 0 radical (unpaired) electrons. The molecule has 0 spiro atoms. The van der Waals surface area contributed by atoms with Crippen LogP contribution in [0.3, 0.4) is 0 Å². The van der Waals surface area contributed by atoms with E-state index in [1.807, 2.05) is 27.7 Å². The van der Waals surface area contributed by atoms with E-state index >= 15 is 0 Å². The van der Waals surface area contributed by atoms with Gasteiger partial charge < -0.3 is 15.2 Å². The van der Waals surface area contributed by atoms with Gasteiger partial charge in [-0.25, -0.2) is 4.39 Å². The number of halogens is 1. The molecule has 0 saturated carbocycles. The highest BCUT2D eigenvalue weighted by Gasteiger charge is 2.47. The second-order valence-corrected chi connectivity index (χ2v) is 6.20. The molecule has 0 bridgehead atoms. The molecule has 1 unspecified atom stereocenters. The molecular formula is C15H22FNO2. The Bertz CT molecular complexity index is 471. The zero-order chi connectivity index (χ0) is 14.3. The quantitative estimate of drug-likeness (QED) is 0.915. The number of nitrogens with two attached hydrogens (primary N) is 1. The Labute approximate surface area is 113 Å². The lowest BCUT2D eigenvalue weighted by molar-refractivity contribution is -0.0847. The van der Waals surface area contributed by atoms with Gasteiger partial charge in [-0.2, -0.15) is 0 Å². The fourth-order valence-electron chi connectivity index (χ4n) is 2.70. The monoisotopic (exact) mass is 267 g/mol. The Morgan fingerprint density at radius 3 is 2.58 bits per heavy atom. The van der Waals surface area contributed by atoms with Crippen LogP contribution in [0, 0.1) is 5.82 Å². The van der Waals surface area contributed by atoms with Crippen LogP contribution in [0.15, 0.2) is 18.2 Å². The van der Waals surface area contributed by atoms with E-state index in [2.05, 4.69) is 0 Å². The van der Waals surface area contributed by atoms with Crippen molar-refractivity contribution >= 4 is 0 Å². The van der Waals surface area contributed by atoms with E-state index in [-0.39, 0.29) is 24.1 Å². The number of rotatable bonds is 3. The fourth-order valence-corrected chi connectivity index (χ4v) is 2.70. The van der Waals surface area contributed by atoms with E-state index < -0.39 is 5.60 Å². The standard InChI is InChI=1S/C15H22FNO2/c1-14(2)8-13(15(3,4)19-14)18-12-7-5-6-11(16)10(12)9-17/h5-7,13H,8-9,17H2,1-4H3. The van der Waals surface area contributed by atoms with Gasteiger partial charge in [0.15, 0.2) is 0 Å². The van der Waals surface area contributed by atoms with Gasteiger partial charge in [-0.05, 0) is 39.8 Å². The van der Waals surface area contributed by atoms with Crippen molar-refractivity contribution in [1.29, 1.82) is 0 Å². The Morgan fingerprint density at radius 1 is 1.37 bits per heavy atom. The number of hydrogen-bond acceptors (Lipinski definition) is 3. The molecule has 1 aromatic rings. The van der Waals surface area contributed by atoms with Crippen LogP contribution in [0.2, 0.25) is 0 Å². The lowest BCUT2D eigenvalue weighted by Gasteiger charge is -2.28. The van der Waals surface area contributed by atoms with E-state index in [1.54, 1.807) is 12.1 Å². The van der Waals surface area contributed by atoms with Crippen molar-refractivity contribution in [2.45, 2.75) is 58.0 Å². The Kier molecular flexibility index (Phi) is 3.58. The molecule has 3 nitrogen and oxygen atoms in total. The summed E-state index contributed by atoms with van der Waals surface area (Å²) < 4.78 is 25.6. The maximum Gasteiger partial charge on any atom is 0.131 e. The zero-order valence-corrected chi connectivity index (χ0v) is 12.0. The van der Waals surface area contributed by atoms with E-state index in [0.717, 1.165) is 6.42 Å². The highest BCUT2D eigenvalue weighted by molar-refractivity contribution is 5.35. The smallest absolute Gasteiger partial charge is 0.131 e. The van der Waals surface area contributed by atoms with Crippen molar-refractivity contribution < 1.29 is 13.9 Å². The number of benzene rings is 1. The number of hydrogen-bond donors (Lipinski definition) is 1. The first kappa shape index (κ1) is 14.3. The third-order valence-corrected chi connectivity index (χ3v) is 3.54. The molecule has 19 heavy (non-hydrogen) atoms. The first-order valence-corrected chi connectivity index (χ1v) is 6.59. The maximum absolute atomic E-state index is 13.7. The van der Waals surface area contributed by atoms with Crippen LogP contribution in [0.1, 0.15) is 39.7 Å². The van der Waals surface area contributed by atoms with E-state index in [9.17, 15) is 4.39 Å². The highest BCUT2D eigenvalue weighted by Crippen LogP contribution is 2.40. The molecule has 1 saturated heterocycles. The summed E-state index contributed by atoms with van der Waals surface area (Å²) in [7, 11) is 0. The summed E-state index contributed by atoms with van der Waals surface area (Å²) in [5.41, 5.74) is 5.38. The van der Waals surface area contributed by atoms with Gasteiger partial charge in [-0.1, -0.05) is 6.07 Å². The molecule has 106 valence electrons. The molecule has 2 rings (SSSR count). The van der Waals surface area contributed by atoms with Crippen molar-refractivity contribution in [2.75, 3.05) is 0 Å². The van der Waals surface area contributed by atoms with Crippen molar-refractivity contribution in [3.63, 3.8) is 0 Å². The van der Waals surface area contributed by atoms with Crippen LogP contribution >= 0.6 is 0 Å². The molecule has 1 atom stereocenters. The lowest BCUT2D eigenvalue weighted by Crippen LogP contribution is -2.37. The largest absolute Gasteiger partial charge is 0.487 e. The minimum absolute atomic E-state index is 0.116. The number of ether oxygens (including phenoxy) is 2. The topological polar surface area (TPSA) is 44.5 Å². The van der Waals surface area contributed by atoms with Gasteiger partial charge in [0.05, 0.1) is 5.60 Å². The van der Waals surface area contributed by atoms with Crippen molar-refractivity contribution in [3.05, 3.63) is 29.6 Å². The third kappa shape index (κ3) is 2.90. The zero-order valence-electron chi connectivity index (χ0n) is 12.0. The van der Waals surface area contributed by atoms with Gasteiger partial charge in [0.2, 0.25) is 0 Å². The molecule has 1 fully saturated rings. The van der Waals surface area contributed by atoms with Gasteiger partial charge in [0, 0.05) is 18.5 Å². The summed E-state index contributed by atoms with van der Waals surface area (Å²) >= 11 is 0. The SMILES string of the molecule is CC1(C)CC(Oc2cccc(F)c2CN)C(C)(C)O1. The molecule has 0 aromatic heterocycles. The van der Waals surface area contributed by atoms with E-state index in [1.165, 1.54) is 6.07 Å². The lowest BCUT2D eigenvalue weighted by atomic mass is 9.97.